The van der Waals surface area contributed by atoms with Crippen molar-refractivity contribution in [3.05, 3.63) is 29.3 Å². The summed E-state index contributed by atoms with van der Waals surface area (Å²) >= 11 is 0. The number of hydrogen-bond donors (Lipinski definition) is 2. The second-order valence-corrected chi connectivity index (χ2v) is 6.95. The van der Waals surface area contributed by atoms with Gasteiger partial charge in [-0.1, -0.05) is 26.0 Å². The van der Waals surface area contributed by atoms with Crippen molar-refractivity contribution in [1.82, 2.24) is 10.2 Å². The average Bonchev–Trinajstić information content (AvgIpc) is 3.06. The summed E-state index contributed by atoms with van der Waals surface area (Å²) in [6, 6.07) is 6.83. The highest BCUT2D eigenvalue weighted by Gasteiger charge is 2.22. The maximum atomic E-state index is 6.07. The average molecular weight is 347 g/mol. The first-order valence-electron chi connectivity index (χ1n) is 9.57. The third-order valence-corrected chi connectivity index (χ3v) is 4.97. The highest BCUT2D eigenvalue weighted by atomic mass is 16.5. The molecule has 5 heteroatoms. The smallest absolute Gasteiger partial charge is 0.188 e. The largest absolute Gasteiger partial charge is 0.490 e. The topological polar surface area (TPSA) is 62.9 Å². The highest BCUT2D eigenvalue weighted by Crippen LogP contribution is 2.23. The van der Waals surface area contributed by atoms with Gasteiger partial charge in [-0.3, -0.25) is 4.90 Å². The Morgan fingerprint density at radius 3 is 2.96 bits per heavy atom. The molecule has 3 N–H and O–H groups in total. The Labute approximate surface area is 152 Å². The number of aryl methyl sites for hydroxylation is 1. The number of likely N-dealkylation sites (N-methyl/N-ethyl adjacent to an activating group) is 1. The summed E-state index contributed by atoms with van der Waals surface area (Å²) in [5.74, 6) is 1.43. The van der Waals surface area contributed by atoms with Crippen molar-refractivity contribution in [2.24, 2.45) is 10.7 Å². The molecule has 25 heavy (non-hydrogen) atoms. The second-order valence-electron chi connectivity index (χ2n) is 6.95. The summed E-state index contributed by atoms with van der Waals surface area (Å²) in [6.07, 6.45) is 3.69. The maximum absolute atomic E-state index is 6.07. The maximum Gasteiger partial charge on any atom is 0.188 e. The Bertz CT molecular complexity index is 573. The molecule has 1 aliphatic heterocycles. The van der Waals surface area contributed by atoms with Gasteiger partial charge in [-0.15, -0.1) is 0 Å². The number of aliphatic imine (C=N–C) groups is 1. The van der Waals surface area contributed by atoms with E-state index >= 15 is 0 Å². The van der Waals surface area contributed by atoms with Crippen LogP contribution in [0, 0.1) is 6.92 Å². The zero-order chi connectivity index (χ0) is 18.2. The molecule has 2 unspecified atom stereocenters. The minimum absolute atomic E-state index is 0.197. The molecule has 1 heterocycles. The molecule has 0 radical (unpaired) electrons. The lowest BCUT2D eigenvalue weighted by Gasteiger charge is -2.23. The van der Waals surface area contributed by atoms with E-state index in [4.69, 9.17) is 10.5 Å². The van der Waals surface area contributed by atoms with E-state index in [0.29, 0.717) is 18.5 Å². The number of likely N-dealkylation sites (tertiary alicyclic amines) is 1. The number of rotatable bonds is 8. The molecule has 0 spiro atoms. The standard InChI is InChI=1S/C20H34N4O/c1-5-16(4)25-19-12-15(3)9-10-17(19)13-22-20(21)23-14-18-8-7-11-24(18)6-2/h9-10,12,16,18H,5-8,11,13-14H2,1-4H3,(H3,21,22,23). The number of ether oxygens (including phenoxy) is 1. The third-order valence-electron chi connectivity index (χ3n) is 4.97. The first-order valence-corrected chi connectivity index (χ1v) is 9.57. The highest BCUT2D eigenvalue weighted by molar-refractivity contribution is 5.77. The van der Waals surface area contributed by atoms with Crippen LogP contribution in [0.3, 0.4) is 0 Å². The van der Waals surface area contributed by atoms with Crippen molar-refractivity contribution < 1.29 is 4.74 Å². The summed E-state index contributed by atoms with van der Waals surface area (Å²) in [5, 5.41) is 3.29. The van der Waals surface area contributed by atoms with Crippen molar-refractivity contribution in [2.45, 2.75) is 65.6 Å². The summed E-state index contributed by atoms with van der Waals surface area (Å²) in [4.78, 5) is 7.01. The Hall–Kier alpha value is -1.75. The van der Waals surface area contributed by atoms with E-state index in [2.05, 4.69) is 61.1 Å². The molecule has 1 saturated heterocycles. The van der Waals surface area contributed by atoms with Crippen LogP contribution in [0.15, 0.2) is 23.2 Å². The number of hydrogen-bond acceptors (Lipinski definition) is 3. The van der Waals surface area contributed by atoms with Crippen molar-refractivity contribution in [3.8, 4) is 5.75 Å². The summed E-state index contributed by atoms with van der Waals surface area (Å²) in [5.41, 5.74) is 8.34. The molecule has 0 amide bonds. The van der Waals surface area contributed by atoms with Gasteiger partial charge in [0.1, 0.15) is 5.75 Å². The molecule has 0 aromatic heterocycles. The Morgan fingerprint density at radius 2 is 2.24 bits per heavy atom. The molecule has 1 fully saturated rings. The van der Waals surface area contributed by atoms with Crippen LogP contribution < -0.4 is 15.8 Å². The van der Waals surface area contributed by atoms with E-state index in [1.54, 1.807) is 0 Å². The lowest BCUT2D eigenvalue weighted by atomic mass is 10.1. The van der Waals surface area contributed by atoms with Gasteiger partial charge in [0.05, 0.1) is 12.6 Å². The quantitative estimate of drug-likeness (QED) is 0.561. The molecular weight excluding hydrogens is 312 g/mol. The first-order chi connectivity index (χ1) is 12.0. The molecule has 140 valence electrons. The summed E-state index contributed by atoms with van der Waals surface area (Å²) in [6.45, 7) is 12.2. The minimum atomic E-state index is 0.197. The normalized spacial score (nSPS) is 19.8. The van der Waals surface area contributed by atoms with Crippen LogP contribution in [0.5, 0.6) is 5.75 Å². The molecule has 1 aromatic carbocycles. The first kappa shape index (κ1) is 19.6. The molecular formula is C20H34N4O. The zero-order valence-electron chi connectivity index (χ0n) is 16.2. The Balaban J connectivity index is 1.93. The number of nitrogens with one attached hydrogen (secondary N) is 1. The predicted octanol–water partition coefficient (Wildman–Crippen LogP) is 3.06. The minimum Gasteiger partial charge on any atom is -0.490 e. The van der Waals surface area contributed by atoms with Crippen molar-refractivity contribution in [2.75, 3.05) is 19.6 Å². The van der Waals surface area contributed by atoms with E-state index < -0.39 is 0 Å². The van der Waals surface area contributed by atoms with Crippen LogP contribution in [0.4, 0.5) is 0 Å². The fourth-order valence-electron chi connectivity index (χ4n) is 3.19. The van der Waals surface area contributed by atoms with E-state index in [0.717, 1.165) is 30.8 Å². The summed E-state index contributed by atoms with van der Waals surface area (Å²) in [7, 11) is 0. The van der Waals surface area contributed by atoms with Gasteiger partial charge >= 0.3 is 0 Å². The molecule has 1 aromatic rings. The van der Waals surface area contributed by atoms with Gasteiger partial charge in [0.25, 0.3) is 0 Å². The number of nitrogens with two attached hydrogens (primary N) is 1. The van der Waals surface area contributed by atoms with Gasteiger partial charge < -0.3 is 15.8 Å². The summed E-state index contributed by atoms with van der Waals surface area (Å²) < 4.78 is 6.04. The van der Waals surface area contributed by atoms with Crippen LogP contribution in [0.1, 0.15) is 51.2 Å². The van der Waals surface area contributed by atoms with E-state index in [9.17, 15) is 0 Å². The van der Waals surface area contributed by atoms with Gasteiger partial charge in [0.2, 0.25) is 0 Å². The Morgan fingerprint density at radius 1 is 1.44 bits per heavy atom. The molecule has 0 aliphatic carbocycles. The van der Waals surface area contributed by atoms with E-state index in [-0.39, 0.29) is 6.10 Å². The van der Waals surface area contributed by atoms with Crippen LogP contribution >= 0.6 is 0 Å². The van der Waals surface area contributed by atoms with Crippen molar-refractivity contribution in [1.29, 1.82) is 0 Å². The number of benzene rings is 1. The van der Waals surface area contributed by atoms with Gasteiger partial charge in [-0.2, -0.15) is 0 Å². The lowest BCUT2D eigenvalue weighted by Crippen LogP contribution is -2.42. The molecule has 1 aliphatic rings. The molecule has 5 nitrogen and oxygen atoms in total. The monoisotopic (exact) mass is 346 g/mol. The molecule has 0 bridgehead atoms. The zero-order valence-corrected chi connectivity index (χ0v) is 16.2. The van der Waals surface area contributed by atoms with E-state index in [1.807, 2.05) is 0 Å². The van der Waals surface area contributed by atoms with Crippen molar-refractivity contribution in [3.63, 3.8) is 0 Å². The fraction of sp³-hybridized carbons (Fsp3) is 0.650. The van der Waals surface area contributed by atoms with Gasteiger partial charge in [-0.25, -0.2) is 4.99 Å². The van der Waals surface area contributed by atoms with Gasteiger partial charge in [-0.05, 0) is 57.8 Å². The Kier molecular flexibility index (Phi) is 7.56. The molecule has 0 saturated carbocycles. The second kappa shape index (κ2) is 9.66. The van der Waals surface area contributed by atoms with Crippen LogP contribution in [0.25, 0.3) is 0 Å². The van der Waals surface area contributed by atoms with Crippen molar-refractivity contribution >= 4 is 5.96 Å². The van der Waals surface area contributed by atoms with E-state index in [1.165, 1.54) is 24.9 Å². The van der Waals surface area contributed by atoms with Crippen LogP contribution in [0.2, 0.25) is 0 Å². The lowest BCUT2D eigenvalue weighted by molar-refractivity contribution is 0.215. The van der Waals surface area contributed by atoms with Gasteiger partial charge in [0, 0.05) is 18.2 Å². The third kappa shape index (κ3) is 5.92. The number of guanidine groups is 1. The molecule has 2 atom stereocenters. The SMILES string of the molecule is CCC(C)Oc1cc(C)ccc1CN=C(N)NCC1CCCN1CC. The predicted molar refractivity (Wildman–Crippen MR) is 105 cm³/mol. The van der Waals surface area contributed by atoms with Crippen LogP contribution in [-0.4, -0.2) is 42.6 Å². The fourth-order valence-corrected chi connectivity index (χ4v) is 3.19. The van der Waals surface area contributed by atoms with Gasteiger partial charge in [0.15, 0.2) is 5.96 Å². The molecule has 2 rings (SSSR count). The van der Waals surface area contributed by atoms with Crippen LogP contribution in [-0.2, 0) is 6.54 Å². The number of nitrogens with zero attached hydrogens (tertiary/aromatic N) is 2.